The zero-order valence-electron chi connectivity index (χ0n) is 10.3. The number of hydrogen-bond acceptors (Lipinski definition) is 1. The summed E-state index contributed by atoms with van der Waals surface area (Å²) in [6, 6.07) is 6.01. The fourth-order valence-electron chi connectivity index (χ4n) is 2.62. The summed E-state index contributed by atoms with van der Waals surface area (Å²) >= 11 is 12.3. The molecule has 1 aliphatic rings. The van der Waals surface area contributed by atoms with Crippen molar-refractivity contribution in [1.82, 2.24) is 0 Å². The summed E-state index contributed by atoms with van der Waals surface area (Å²) < 4.78 is 0. The molecule has 1 unspecified atom stereocenters. The number of nitrogens with zero attached hydrogens (tertiary/aromatic N) is 1. The highest BCUT2D eigenvalue weighted by molar-refractivity contribution is 6.33. The van der Waals surface area contributed by atoms with Crippen LogP contribution >= 0.6 is 23.2 Å². The van der Waals surface area contributed by atoms with Gasteiger partial charge in [0.05, 0.1) is 10.7 Å². The fourth-order valence-corrected chi connectivity index (χ4v) is 3.15. The van der Waals surface area contributed by atoms with E-state index in [1.807, 2.05) is 12.1 Å². The third kappa shape index (κ3) is 2.89. The van der Waals surface area contributed by atoms with Crippen molar-refractivity contribution in [2.75, 3.05) is 18.0 Å². The molecule has 0 N–H and O–H groups in total. The second kappa shape index (κ2) is 5.97. The number of halogens is 2. The molecule has 2 rings (SSSR count). The lowest BCUT2D eigenvalue weighted by atomic mass is 9.95. The van der Waals surface area contributed by atoms with Crippen LogP contribution in [0.3, 0.4) is 0 Å². The number of hydrogen-bond donors (Lipinski definition) is 0. The summed E-state index contributed by atoms with van der Waals surface area (Å²) in [4.78, 5) is 2.41. The van der Waals surface area contributed by atoms with Gasteiger partial charge in [0.2, 0.25) is 0 Å². The Bertz CT molecular complexity index is 378. The number of benzene rings is 1. The molecule has 0 spiro atoms. The van der Waals surface area contributed by atoms with Crippen molar-refractivity contribution < 1.29 is 0 Å². The monoisotopic (exact) mass is 271 g/mol. The number of para-hydroxylation sites is 1. The van der Waals surface area contributed by atoms with E-state index in [4.69, 9.17) is 23.2 Å². The van der Waals surface area contributed by atoms with Gasteiger partial charge in [-0.25, -0.2) is 0 Å². The van der Waals surface area contributed by atoms with Crippen molar-refractivity contribution in [1.29, 1.82) is 0 Å². The summed E-state index contributed by atoms with van der Waals surface area (Å²) in [5.41, 5.74) is 2.30. The van der Waals surface area contributed by atoms with Gasteiger partial charge < -0.3 is 4.90 Å². The summed E-state index contributed by atoms with van der Waals surface area (Å²) in [6.45, 7) is 4.48. The van der Waals surface area contributed by atoms with Crippen LogP contribution in [0.25, 0.3) is 0 Å². The number of rotatable bonds is 3. The van der Waals surface area contributed by atoms with E-state index in [-0.39, 0.29) is 0 Å². The summed E-state index contributed by atoms with van der Waals surface area (Å²) in [7, 11) is 0. The zero-order valence-corrected chi connectivity index (χ0v) is 11.8. The Morgan fingerprint density at radius 1 is 1.41 bits per heavy atom. The molecule has 0 aliphatic carbocycles. The molecule has 17 heavy (non-hydrogen) atoms. The summed E-state index contributed by atoms with van der Waals surface area (Å²) in [6.07, 6.45) is 3.84. The van der Waals surface area contributed by atoms with Crippen LogP contribution in [0.15, 0.2) is 18.2 Å². The van der Waals surface area contributed by atoms with Crippen LogP contribution in [0.4, 0.5) is 5.69 Å². The van der Waals surface area contributed by atoms with Crippen LogP contribution < -0.4 is 4.90 Å². The van der Waals surface area contributed by atoms with Crippen molar-refractivity contribution in [3.05, 3.63) is 28.8 Å². The molecule has 1 nitrogen and oxygen atoms in total. The average molecular weight is 272 g/mol. The van der Waals surface area contributed by atoms with E-state index in [0.717, 1.165) is 35.3 Å². The molecule has 0 amide bonds. The second-order valence-corrected chi connectivity index (χ2v) is 5.42. The van der Waals surface area contributed by atoms with E-state index in [1.54, 1.807) is 0 Å². The molecular weight excluding hydrogens is 253 g/mol. The van der Waals surface area contributed by atoms with Crippen LogP contribution in [-0.2, 0) is 5.88 Å². The second-order valence-electron chi connectivity index (χ2n) is 4.74. The van der Waals surface area contributed by atoms with Gasteiger partial charge in [-0.05, 0) is 30.4 Å². The third-order valence-corrected chi connectivity index (χ3v) is 4.22. The molecule has 0 bridgehead atoms. The van der Waals surface area contributed by atoms with E-state index >= 15 is 0 Å². The van der Waals surface area contributed by atoms with Crippen LogP contribution in [0.2, 0.25) is 5.02 Å². The first-order valence-corrected chi connectivity index (χ1v) is 7.25. The van der Waals surface area contributed by atoms with Crippen molar-refractivity contribution in [3.8, 4) is 0 Å². The number of alkyl halides is 1. The maximum atomic E-state index is 6.33. The van der Waals surface area contributed by atoms with Crippen molar-refractivity contribution in [2.45, 2.75) is 32.1 Å². The summed E-state index contributed by atoms with van der Waals surface area (Å²) in [5.74, 6) is 1.33. The van der Waals surface area contributed by atoms with Gasteiger partial charge in [0.15, 0.2) is 0 Å². The van der Waals surface area contributed by atoms with Crippen molar-refractivity contribution in [3.63, 3.8) is 0 Å². The Kier molecular flexibility index (Phi) is 4.58. The molecule has 0 radical (unpaired) electrons. The molecule has 1 fully saturated rings. The lowest BCUT2D eigenvalue weighted by molar-refractivity contribution is 0.404. The maximum Gasteiger partial charge on any atom is 0.0642 e. The molecular formula is C14H19Cl2N. The van der Waals surface area contributed by atoms with Crippen LogP contribution in [0, 0.1) is 5.92 Å². The van der Waals surface area contributed by atoms with Gasteiger partial charge in [0, 0.05) is 19.0 Å². The predicted octanol–water partition coefficient (Wildman–Crippen LogP) is 4.71. The first kappa shape index (κ1) is 13.0. The maximum absolute atomic E-state index is 6.33. The Balaban J connectivity index is 2.26. The Labute approximate surface area is 114 Å². The quantitative estimate of drug-likeness (QED) is 0.720. The predicted molar refractivity (Wildman–Crippen MR) is 76.2 cm³/mol. The van der Waals surface area contributed by atoms with Crippen molar-refractivity contribution in [2.24, 2.45) is 5.92 Å². The average Bonchev–Trinajstić information content (AvgIpc) is 2.38. The molecule has 1 aliphatic heterocycles. The number of piperidine rings is 1. The topological polar surface area (TPSA) is 3.24 Å². The van der Waals surface area contributed by atoms with Crippen molar-refractivity contribution >= 4 is 28.9 Å². The van der Waals surface area contributed by atoms with Crippen LogP contribution in [-0.4, -0.2) is 13.1 Å². The molecule has 1 heterocycles. The minimum atomic E-state index is 0.531. The molecule has 1 aromatic carbocycles. The van der Waals surface area contributed by atoms with Crippen LogP contribution in [0.5, 0.6) is 0 Å². The minimum absolute atomic E-state index is 0.531. The SMILES string of the molecule is CCC1CCCN(c2c(Cl)cccc2CCl)C1. The smallest absolute Gasteiger partial charge is 0.0642 e. The zero-order chi connectivity index (χ0) is 12.3. The van der Waals surface area contributed by atoms with Gasteiger partial charge >= 0.3 is 0 Å². The molecule has 3 heteroatoms. The van der Waals surface area contributed by atoms with E-state index in [1.165, 1.54) is 19.3 Å². The third-order valence-electron chi connectivity index (χ3n) is 3.63. The van der Waals surface area contributed by atoms with Gasteiger partial charge in [-0.3, -0.25) is 0 Å². The Hall–Kier alpha value is -0.400. The Morgan fingerprint density at radius 3 is 2.94 bits per heavy atom. The molecule has 1 atom stereocenters. The lowest BCUT2D eigenvalue weighted by Gasteiger charge is -2.35. The lowest BCUT2D eigenvalue weighted by Crippen LogP contribution is -2.35. The molecule has 94 valence electrons. The van der Waals surface area contributed by atoms with Gasteiger partial charge in [0.1, 0.15) is 0 Å². The molecule has 1 aromatic rings. The van der Waals surface area contributed by atoms with Gasteiger partial charge in [0.25, 0.3) is 0 Å². The van der Waals surface area contributed by atoms with Gasteiger partial charge in [-0.2, -0.15) is 0 Å². The van der Waals surface area contributed by atoms with E-state index < -0.39 is 0 Å². The fraction of sp³-hybridized carbons (Fsp3) is 0.571. The highest BCUT2D eigenvalue weighted by Gasteiger charge is 2.22. The Morgan fingerprint density at radius 2 is 2.24 bits per heavy atom. The highest BCUT2D eigenvalue weighted by Crippen LogP contribution is 2.34. The highest BCUT2D eigenvalue weighted by atomic mass is 35.5. The van der Waals surface area contributed by atoms with E-state index in [2.05, 4.69) is 17.9 Å². The van der Waals surface area contributed by atoms with Gasteiger partial charge in [-0.1, -0.05) is 37.1 Å². The first-order valence-electron chi connectivity index (χ1n) is 6.34. The largest absolute Gasteiger partial charge is 0.370 e. The minimum Gasteiger partial charge on any atom is -0.370 e. The molecule has 1 saturated heterocycles. The van der Waals surface area contributed by atoms with Gasteiger partial charge in [-0.15, -0.1) is 11.6 Å². The standard InChI is InChI=1S/C14H19Cl2N/c1-2-11-5-4-8-17(10-11)14-12(9-15)6-3-7-13(14)16/h3,6-7,11H,2,4-5,8-10H2,1H3. The molecule has 0 saturated carbocycles. The van der Waals surface area contributed by atoms with E-state index in [9.17, 15) is 0 Å². The number of anilines is 1. The summed E-state index contributed by atoms with van der Waals surface area (Å²) in [5, 5.41) is 0.833. The van der Waals surface area contributed by atoms with E-state index in [0.29, 0.717) is 5.88 Å². The van der Waals surface area contributed by atoms with Crippen LogP contribution in [0.1, 0.15) is 31.7 Å². The first-order chi connectivity index (χ1) is 8.26. The molecule has 0 aromatic heterocycles. The normalized spacial score (nSPS) is 20.6.